The summed E-state index contributed by atoms with van der Waals surface area (Å²) >= 11 is 0. The lowest BCUT2D eigenvalue weighted by Crippen LogP contribution is -2.36. The summed E-state index contributed by atoms with van der Waals surface area (Å²) in [4.78, 5) is 17.3. The first-order valence-corrected chi connectivity index (χ1v) is 10.5. The summed E-state index contributed by atoms with van der Waals surface area (Å²) in [5, 5.41) is 1.66. The van der Waals surface area contributed by atoms with Crippen molar-refractivity contribution in [3.63, 3.8) is 0 Å². The maximum atomic E-state index is 12.2. The highest BCUT2D eigenvalue weighted by molar-refractivity contribution is 7.86. The number of allylic oxidation sites excluding steroid dienone is 3. The van der Waals surface area contributed by atoms with E-state index in [1.165, 1.54) is 19.2 Å². The number of ketones is 1. The van der Waals surface area contributed by atoms with Gasteiger partial charge < -0.3 is 4.84 Å². The van der Waals surface area contributed by atoms with Crippen molar-refractivity contribution < 1.29 is 22.2 Å². The average Bonchev–Trinajstić information content (AvgIpc) is 2.66. The minimum absolute atomic E-state index is 0.0210. The van der Waals surface area contributed by atoms with E-state index in [0.29, 0.717) is 18.4 Å². The van der Waals surface area contributed by atoms with Crippen LogP contribution in [0, 0.1) is 6.92 Å². The highest BCUT2D eigenvalue weighted by atomic mass is 32.2. The molecule has 1 aromatic rings. The highest BCUT2D eigenvalue weighted by Crippen LogP contribution is 2.20. The summed E-state index contributed by atoms with van der Waals surface area (Å²) in [6.45, 7) is 7.51. The van der Waals surface area contributed by atoms with Crippen molar-refractivity contribution in [2.45, 2.75) is 37.6 Å². The molecule has 1 aromatic carbocycles. The lowest BCUT2D eigenvalue weighted by Gasteiger charge is -2.28. The van der Waals surface area contributed by atoms with Gasteiger partial charge in [0.15, 0.2) is 5.78 Å². The first-order chi connectivity index (χ1) is 13.2. The molecule has 0 aromatic heterocycles. The zero-order chi connectivity index (χ0) is 20.7. The number of aryl methyl sites for hydroxylation is 1. The van der Waals surface area contributed by atoms with E-state index in [9.17, 15) is 13.2 Å². The first kappa shape index (κ1) is 22.2. The third-order valence-electron chi connectivity index (χ3n) is 4.46. The van der Waals surface area contributed by atoms with E-state index in [-0.39, 0.29) is 29.9 Å². The smallest absolute Gasteiger partial charge is 0.297 e. The summed E-state index contributed by atoms with van der Waals surface area (Å²) in [6, 6.07) is 6.46. The van der Waals surface area contributed by atoms with E-state index in [4.69, 9.17) is 9.02 Å². The van der Waals surface area contributed by atoms with Gasteiger partial charge in [0.2, 0.25) is 0 Å². The Morgan fingerprint density at radius 2 is 1.96 bits per heavy atom. The third kappa shape index (κ3) is 6.24. The van der Waals surface area contributed by atoms with Gasteiger partial charge in [-0.05, 0) is 43.5 Å². The molecule has 0 saturated carbocycles. The SMILES string of the molecule is C=C(C)C(=O)CC1=CCC(N(CCOS(=O)(=O)c2ccc(C)cc2)OC)C=C1. The predicted molar refractivity (Wildman–Crippen MR) is 108 cm³/mol. The van der Waals surface area contributed by atoms with Crippen molar-refractivity contribution in [1.29, 1.82) is 0 Å². The van der Waals surface area contributed by atoms with Crippen LogP contribution in [0.2, 0.25) is 0 Å². The van der Waals surface area contributed by atoms with Gasteiger partial charge in [0, 0.05) is 13.0 Å². The number of carbonyl (C=O) groups is 1. The maximum absolute atomic E-state index is 12.2. The Hall–Kier alpha value is -2.06. The molecule has 0 N–H and O–H groups in total. The van der Waals surface area contributed by atoms with Crippen LogP contribution in [0.25, 0.3) is 0 Å². The van der Waals surface area contributed by atoms with Crippen molar-refractivity contribution in [3.8, 4) is 0 Å². The van der Waals surface area contributed by atoms with E-state index in [1.54, 1.807) is 24.1 Å². The molecule has 1 aliphatic carbocycles. The number of hydrogen-bond acceptors (Lipinski definition) is 6. The van der Waals surface area contributed by atoms with Crippen LogP contribution in [0.4, 0.5) is 0 Å². The number of hydroxylamine groups is 2. The summed E-state index contributed by atoms with van der Waals surface area (Å²) in [6.07, 6.45) is 6.82. The van der Waals surface area contributed by atoms with Crippen molar-refractivity contribution >= 4 is 15.9 Å². The summed E-state index contributed by atoms with van der Waals surface area (Å²) < 4.78 is 29.6. The Balaban J connectivity index is 1.87. The second-order valence-corrected chi connectivity index (χ2v) is 8.35. The molecular formula is C21H27NO5S. The van der Waals surface area contributed by atoms with Crippen LogP contribution in [0.3, 0.4) is 0 Å². The van der Waals surface area contributed by atoms with Crippen LogP contribution in [-0.2, 0) is 23.9 Å². The number of hydrogen-bond donors (Lipinski definition) is 0. The predicted octanol–water partition coefficient (Wildman–Crippen LogP) is 3.35. The van der Waals surface area contributed by atoms with Gasteiger partial charge in [-0.2, -0.15) is 13.5 Å². The normalized spacial score (nSPS) is 16.9. The van der Waals surface area contributed by atoms with Gasteiger partial charge in [-0.1, -0.05) is 42.5 Å². The van der Waals surface area contributed by atoms with Gasteiger partial charge in [-0.3, -0.25) is 8.98 Å². The van der Waals surface area contributed by atoms with Gasteiger partial charge >= 0.3 is 0 Å². The van der Waals surface area contributed by atoms with Crippen molar-refractivity contribution in [2.24, 2.45) is 0 Å². The number of carbonyl (C=O) groups excluding carboxylic acids is 1. The van der Waals surface area contributed by atoms with Crippen LogP contribution in [0.1, 0.15) is 25.3 Å². The fraction of sp³-hybridized carbons (Fsp3) is 0.381. The van der Waals surface area contributed by atoms with Crippen molar-refractivity contribution in [2.75, 3.05) is 20.3 Å². The second-order valence-electron chi connectivity index (χ2n) is 6.73. The molecular weight excluding hydrogens is 378 g/mol. The summed E-state index contributed by atoms with van der Waals surface area (Å²) in [5.41, 5.74) is 2.46. The minimum Gasteiger partial charge on any atom is -0.302 e. The van der Waals surface area contributed by atoms with E-state index in [0.717, 1.165) is 11.1 Å². The Morgan fingerprint density at radius 3 is 2.50 bits per heavy atom. The molecule has 0 aliphatic heterocycles. The molecule has 28 heavy (non-hydrogen) atoms. The molecule has 7 heteroatoms. The molecule has 0 radical (unpaired) electrons. The van der Waals surface area contributed by atoms with Crippen molar-refractivity contribution in [3.05, 3.63) is 65.8 Å². The monoisotopic (exact) mass is 405 g/mol. The second kappa shape index (κ2) is 9.93. The fourth-order valence-corrected chi connectivity index (χ4v) is 3.64. The van der Waals surface area contributed by atoms with E-state index in [2.05, 4.69) is 6.58 Å². The zero-order valence-corrected chi connectivity index (χ0v) is 17.4. The average molecular weight is 406 g/mol. The number of Topliss-reactive ketones (excluding diaryl/α,β-unsaturated/α-hetero) is 1. The highest BCUT2D eigenvalue weighted by Gasteiger charge is 2.20. The van der Waals surface area contributed by atoms with Crippen molar-refractivity contribution in [1.82, 2.24) is 5.06 Å². The first-order valence-electron chi connectivity index (χ1n) is 9.05. The molecule has 0 fully saturated rings. The molecule has 1 aliphatic rings. The summed E-state index contributed by atoms with van der Waals surface area (Å²) in [7, 11) is -2.27. The third-order valence-corrected chi connectivity index (χ3v) is 5.79. The van der Waals surface area contributed by atoms with E-state index >= 15 is 0 Å². The standard InChI is InChI=1S/C21H27NO5S/c1-16(2)21(23)15-18-7-9-19(10-8-18)22(26-4)13-14-27-28(24,25)20-11-5-17(3)6-12-20/h5-9,11-12,19H,1,10,13-15H2,2-4H3. The van der Waals surface area contributed by atoms with Gasteiger partial charge in [0.05, 0.1) is 24.7 Å². The molecule has 0 heterocycles. The Bertz CT molecular complexity index is 869. The topological polar surface area (TPSA) is 72.9 Å². The van der Waals surface area contributed by atoms with Crippen LogP contribution in [-0.4, -0.2) is 45.6 Å². The largest absolute Gasteiger partial charge is 0.302 e. The molecule has 1 atom stereocenters. The lowest BCUT2D eigenvalue weighted by molar-refractivity contribution is -0.153. The Morgan fingerprint density at radius 1 is 1.29 bits per heavy atom. The molecule has 2 rings (SSSR count). The maximum Gasteiger partial charge on any atom is 0.297 e. The van der Waals surface area contributed by atoms with Crippen LogP contribution >= 0.6 is 0 Å². The van der Waals surface area contributed by atoms with Gasteiger partial charge in [-0.25, -0.2) is 0 Å². The Kier molecular flexibility index (Phi) is 7.88. The molecule has 6 nitrogen and oxygen atoms in total. The van der Waals surface area contributed by atoms with Gasteiger partial charge in [-0.15, -0.1) is 0 Å². The van der Waals surface area contributed by atoms with Crippen LogP contribution < -0.4 is 0 Å². The molecule has 0 bridgehead atoms. The van der Waals surface area contributed by atoms with Crippen LogP contribution in [0.15, 0.2) is 65.1 Å². The molecule has 0 saturated heterocycles. The molecule has 0 spiro atoms. The molecule has 1 unspecified atom stereocenters. The summed E-state index contributed by atoms with van der Waals surface area (Å²) in [5.74, 6) is 0.0210. The molecule has 0 amide bonds. The number of rotatable bonds is 10. The van der Waals surface area contributed by atoms with Gasteiger partial charge in [0.1, 0.15) is 0 Å². The van der Waals surface area contributed by atoms with Crippen LogP contribution in [0.5, 0.6) is 0 Å². The van der Waals surface area contributed by atoms with E-state index in [1.807, 2.05) is 25.2 Å². The zero-order valence-electron chi connectivity index (χ0n) is 16.6. The number of benzene rings is 1. The minimum atomic E-state index is -3.80. The van der Waals surface area contributed by atoms with E-state index < -0.39 is 10.1 Å². The lowest BCUT2D eigenvalue weighted by atomic mass is 9.97. The van der Waals surface area contributed by atoms with Gasteiger partial charge in [0.25, 0.3) is 10.1 Å². The fourth-order valence-electron chi connectivity index (χ4n) is 2.74. The quantitative estimate of drug-likeness (QED) is 0.338. The number of nitrogens with zero attached hydrogens (tertiary/aromatic N) is 1. The molecule has 152 valence electrons. The Labute approximate surface area is 167 Å².